The third-order valence-corrected chi connectivity index (χ3v) is 6.48. The number of fused-ring (bicyclic) bond motifs is 6. The molecule has 2 aliphatic rings. The van der Waals surface area contributed by atoms with Gasteiger partial charge in [0.15, 0.2) is 0 Å². The Kier molecular flexibility index (Phi) is 2.40. The highest BCUT2D eigenvalue weighted by atomic mass is 16.5. The highest BCUT2D eigenvalue weighted by Gasteiger charge is 2.73. The summed E-state index contributed by atoms with van der Waals surface area (Å²) in [5.41, 5.74) is 2.47. The van der Waals surface area contributed by atoms with Crippen LogP contribution in [0.25, 0.3) is 11.0 Å². The lowest BCUT2D eigenvalue weighted by Crippen LogP contribution is -2.46. The maximum atomic E-state index is 12.8. The highest BCUT2D eigenvalue weighted by molar-refractivity contribution is 5.89. The smallest absolute Gasteiger partial charge is 0.318 e. The van der Waals surface area contributed by atoms with Gasteiger partial charge in [-0.05, 0) is 30.4 Å². The molecule has 0 unspecified atom stereocenters. The predicted octanol–water partition coefficient (Wildman–Crippen LogP) is 3.13. The van der Waals surface area contributed by atoms with E-state index in [0.717, 1.165) is 35.3 Å². The second-order valence-corrected chi connectivity index (χ2v) is 7.26. The second-order valence-electron chi connectivity index (χ2n) is 7.26. The van der Waals surface area contributed by atoms with E-state index in [4.69, 9.17) is 14.7 Å². The van der Waals surface area contributed by atoms with Crippen LogP contribution in [0, 0.1) is 5.41 Å². The molecule has 0 amide bonds. The van der Waals surface area contributed by atoms with E-state index in [9.17, 15) is 4.79 Å². The van der Waals surface area contributed by atoms with Crippen molar-refractivity contribution in [1.82, 2.24) is 9.97 Å². The Balaban J connectivity index is 2.12. The van der Waals surface area contributed by atoms with Crippen LogP contribution in [0.15, 0.2) is 24.3 Å². The Labute approximate surface area is 129 Å². The lowest BCUT2D eigenvalue weighted by atomic mass is 9.64. The number of aromatic nitrogens is 2. The van der Waals surface area contributed by atoms with Crippen LogP contribution < -0.4 is 0 Å². The van der Waals surface area contributed by atoms with Crippen molar-refractivity contribution < 1.29 is 9.53 Å². The summed E-state index contributed by atoms with van der Waals surface area (Å²) in [6.45, 7) is 6.53. The zero-order valence-corrected chi connectivity index (χ0v) is 13.4. The molecule has 2 bridgehead atoms. The second kappa shape index (κ2) is 3.86. The summed E-state index contributed by atoms with van der Waals surface area (Å²) >= 11 is 0. The molecule has 2 atom stereocenters. The van der Waals surface area contributed by atoms with Crippen LogP contribution in [-0.4, -0.2) is 23.0 Å². The Morgan fingerprint density at radius 2 is 1.64 bits per heavy atom. The van der Waals surface area contributed by atoms with Crippen molar-refractivity contribution in [2.24, 2.45) is 5.41 Å². The monoisotopic (exact) mass is 296 g/mol. The van der Waals surface area contributed by atoms with Gasteiger partial charge in [-0.2, -0.15) is 0 Å². The van der Waals surface area contributed by atoms with E-state index in [0.29, 0.717) is 0 Å². The van der Waals surface area contributed by atoms with Crippen LogP contribution in [0.3, 0.4) is 0 Å². The molecule has 114 valence electrons. The number of hydrogen-bond acceptors (Lipinski definition) is 4. The van der Waals surface area contributed by atoms with Gasteiger partial charge in [-0.15, -0.1) is 0 Å². The average molecular weight is 296 g/mol. The van der Waals surface area contributed by atoms with Gasteiger partial charge in [0.25, 0.3) is 0 Å². The van der Waals surface area contributed by atoms with Crippen molar-refractivity contribution >= 4 is 17.0 Å². The van der Waals surface area contributed by atoms with E-state index in [1.165, 1.54) is 7.11 Å². The summed E-state index contributed by atoms with van der Waals surface area (Å²) in [5.74, 6) is -0.176. The summed E-state index contributed by atoms with van der Waals surface area (Å²) < 4.78 is 5.20. The lowest BCUT2D eigenvalue weighted by Gasteiger charge is -2.38. The fraction of sp³-hybridized carbons (Fsp3) is 0.500. The van der Waals surface area contributed by atoms with E-state index in [1.807, 2.05) is 24.3 Å². The standard InChI is InChI=1S/C18H20N2O2/c1-16(2)17(3)9-10-18(16,15(21)22-4)14-13(17)19-11-7-5-6-8-12(11)20-14/h5-8H,9-10H2,1-4H3/t17-,18-/m1/s1. The van der Waals surface area contributed by atoms with Crippen molar-refractivity contribution in [3.8, 4) is 0 Å². The summed E-state index contributed by atoms with van der Waals surface area (Å²) in [6, 6.07) is 7.86. The van der Waals surface area contributed by atoms with Gasteiger partial charge in [-0.1, -0.05) is 32.9 Å². The minimum atomic E-state index is -0.678. The number of esters is 1. The van der Waals surface area contributed by atoms with E-state index in [1.54, 1.807) is 0 Å². The van der Waals surface area contributed by atoms with Gasteiger partial charge >= 0.3 is 5.97 Å². The maximum absolute atomic E-state index is 12.8. The van der Waals surface area contributed by atoms with Crippen molar-refractivity contribution in [2.75, 3.05) is 7.11 Å². The minimum Gasteiger partial charge on any atom is -0.468 e. The third-order valence-electron chi connectivity index (χ3n) is 6.48. The number of para-hydroxylation sites is 2. The molecule has 0 radical (unpaired) electrons. The molecule has 1 heterocycles. The molecular weight excluding hydrogens is 276 g/mol. The summed E-state index contributed by atoms with van der Waals surface area (Å²) in [6.07, 6.45) is 1.72. The number of ether oxygens (including phenoxy) is 1. The zero-order valence-electron chi connectivity index (χ0n) is 13.4. The number of hydrogen-bond donors (Lipinski definition) is 0. The van der Waals surface area contributed by atoms with E-state index >= 15 is 0 Å². The van der Waals surface area contributed by atoms with Crippen molar-refractivity contribution in [2.45, 2.75) is 44.4 Å². The van der Waals surface area contributed by atoms with Gasteiger partial charge < -0.3 is 4.74 Å². The maximum Gasteiger partial charge on any atom is 0.318 e. The number of benzene rings is 1. The van der Waals surface area contributed by atoms with Crippen LogP contribution in [0.1, 0.15) is 45.0 Å². The predicted molar refractivity (Wildman–Crippen MR) is 83.6 cm³/mol. The fourth-order valence-electron chi connectivity index (χ4n) is 4.67. The quantitative estimate of drug-likeness (QED) is 0.759. The number of methoxy groups -OCH3 is 1. The minimum absolute atomic E-state index is 0.145. The zero-order chi connectivity index (χ0) is 15.8. The first-order valence-electron chi connectivity index (χ1n) is 7.75. The first kappa shape index (κ1) is 13.7. The first-order valence-corrected chi connectivity index (χ1v) is 7.75. The topological polar surface area (TPSA) is 52.1 Å². The molecule has 1 saturated carbocycles. The number of rotatable bonds is 1. The average Bonchev–Trinajstić information content (AvgIpc) is 2.81. The van der Waals surface area contributed by atoms with E-state index in [-0.39, 0.29) is 16.8 Å². The van der Waals surface area contributed by atoms with E-state index in [2.05, 4.69) is 20.8 Å². The van der Waals surface area contributed by atoms with Crippen LogP contribution in [0.2, 0.25) is 0 Å². The molecule has 0 saturated heterocycles. The third kappa shape index (κ3) is 1.20. The van der Waals surface area contributed by atoms with Crippen LogP contribution >= 0.6 is 0 Å². The molecule has 0 N–H and O–H groups in total. The summed E-state index contributed by atoms with van der Waals surface area (Å²) in [4.78, 5) is 22.5. The van der Waals surface area contributed by atoms with Gasteiger partial charge in [0.2, 0.25) is 0 Å². The molecule has 4 nitrogen and oxygen atoms in total. The SMILES string of the molecule is COC(=O)[C@@]12CC[C@](C)(c3nc4ccccc4nc31)C2(C)C. The molecule has 4 rings (SSSR count). The Hall–Kier alpha value is -1.97. The van der Waals surface area contributed by atoms with Crippen molar-refractivity contribution in [1.29, 1.82) is 0 Å². The van der Waals surface area contributed by atoms with E-state index < -0.39 is 5.41 Å². The number of carbonyl (C=O) groups excluding carboxylic acids is 1. The summed E-state index contributed by atoms with van der Waals surface area (Å²) in [7, 11) is 1.47. The normalized spacial score (nSPS) is 31.3. The van der Waals surface area contributed by atoms with Gasteiger partial charge in [0.05, 0.1) is 29.5 Å². The fourth-order valence-corrected chi connectivity index (χ4v) is 4.67. The Morgan fingerprint density at radius 1 is 1.05 bits per heavy atom. The molecule has 22 heavy (non-hydrogen) atoms. The van der Waals surface area contributed by atoms with Crippen molar-refractivity contribution in [3.05, 3.63) is 35.7 Å². The van der Waals surface area contributed by atoms with Gasteiger partial charge in [-0.3, -0.25) is 4.79 Å². The molecule has 4 heteroatoms. The van der Waals surface area contributed by atoms with Gasteiger partial charge in [-0.25, -0.2) is 9.97 Å². The van der Waals surface area contributed by atoms with Gasteiger partial charge in [0, 0.05) is 5.41 Å². The summed E-state index contributed by atoms with van der Waals surface area (Å²) in [5, 5.41) is 0. The largest absolute Gasteiger partial charge is 0.468 e. The first-order chi connectivity index (χ1) is 10.4. The Morgan fingerprint density at radius 3 is 2.23 bits per heavy atom. The molecule has 2 aromatic rings. The van der Waals surface area contributed by atoms with Gasteiger partial charge in [0.1, 0.15) is 5.41 Å². The van der Waals surface area contributed by atoms with Crippen LogP contribution in [0.5, 0.6) is 0 Å². The lowest BCUT2D eigenvalue weighted by molar-refractivity contribution is -0.151. The van der Waals surface area contributed by atoms with Crippen molar-refractivity contribution in [3.63, 3.8) is 0 Å². The molecular formula is C18H20N2O2. The Bertz CT molecular complexity index is 814. The molecule has 2 aliphatic carbocycles. The molecule has 0 spiro atoms. The van der Waals surface area contributed by atoms with Crippen LogP contribution in [0.4, 0.5) is 0 Å². The molecule has 1 aromatic heterocycles. The number of nitrogens with zero attached hydrogens (tertiary/aromatic N) is 2. The molecule has 1 fully saturated rings. The highest BCUT2D eigenvalue weighted by Crippen LogP contribution is 2.70. The number of carbonyl (C=O) groups is 1. The van der Waals surface area contributed by atoms with Crippen LogP contribution in [-0.2, 0) is 20.4 Å². The molecule has 1 aromatic carbocycles. The molecule has 0 aliphatic heterocycles.